The number of sulfonamides is 1. The Morgan fingerprint density at radius 3 is 2.55 bits per heavy atom. The van der Waals surface area contributed by atoms with Crippen LogP contribution in [0.25, 0.3) is 0 Å². The second-order valence-electron chi connectivity index (χ2n) is 4.30. The van der Waals surface area contributed by atoms with Gasteiger partial charge in [-0.15, -0.1) is 0 Å². The molecule has 4 N–H and O–H groups in total. The molecule has 20 heavy (non-hydrogen) atoms. The van der Waals surface area contributed by atoms with Crippen LogP contribution in [0.15, 0.2) is 39.3 Å². The van der Waals surface area contributed by atoms with E-state index in [1.54, 1.807) is 6.92 Å². The summed E-state index contributed by atoms with van der Waals surface area (Å²) in [5.74, 6) is 0. The lowest BCUT2D eigenvalue weighted by molar-refractivity contribution is 0.573. The largest absolute Gasteiger partial charge is 0.323 e. The molecule has 6 nitrogen and oxygen atoms in total. The Morgan fingerprint density at radius 2 is 2.00 bits per heavy atom. The van der Waals surface area contributed by atoms with Crippen molar-refractivity contribution in [2.45, 2.75) is 17.2 Å². The van der Waals surface area contributed by atoms with Crippen molar-refractivity contribution < 1.29 is 8.42 Å². The summed E-state index contributed by atoms with van der Waals surface area (Å²) in [7, 11) is -3.72. The maximum absolute atomic E-state index is 12.1. The Kier molecular flexibility index (Phi) is 4.39. The third-order valence-electron chi connectivity index (χ3n) is 2.75. The molecule has 0 amide bonds. The predicted molar refractivity (Wildman–Crippen MR) is 78.2 cm³/mol. The predicted octanol–water partition coefficient (Wildman–Crippen LogP) is 0.723. The first-order valence-electron chi connectivity index (χ1n) is 5.90. The standard InChI is InChI=1S/C12H15N3O3S2/c1-8-11(19-12(16)15-8)20(17,18)14-7-10(13)9-5-3-2-4-6-9/h2-6,10,14H,7,13H2,1H3,(H,15,16). The van der Waals surface area contributed by atoms with Crippen LogP contribution in [0.5, 0.6) is 0 Å². The molecular formula is C12H15N3O3S2. The molecule has 0 fully saturated rings. The minimum atomic E-state index is -3.72. The number of nitrogens with two attached hydrogens (primary N) is 1. The maximum Gasteiger partial charge on any atom is 0.305 e. The van der Waals surface area contributed by atoms with Crippen LogP contribution in [0.2, 0.25) is 0 Å². The first-order valence-corrected chi connectivity index (χ1v) is 8.20. The highest BCUT2D eigenvalue weighted by Crippen LogP contribution is 2.16. The lowest BCUT2D eigenvalue weighted by Gasteiger charge is -2.13. The summed E-state index contributed by atoms with van der Waals surface area (Å²) in [6.07, 6.45) is 0. The number of rotatable bonds is 5. The summed E-state index contributed by atoms with van der Waals surface area (Å²) in [5.41, 5.74) is 7.11. The van der Waals surface area contributed by atoms with Gasteiger partial charge in [0.2, 0.25) is 0 Å². The molecule has 2 aromatic rings. The van der Waals surface area contributed by atoms with Crippen molar-refractivity contribution in [3.8, 4) is 0 Å². The van der Waals surface area contributed by atoms with E-state index in [-0.39, 0.29) is 10.8 Å². The number of aromatic nitrogens is 1. The van der Waals surface area contributed by atoms with Crippen LogP contribution in [-0.4, -0.2) is 19.9 Å². The molecule has 108 valence electrons. The van der Waals surface area contributed by atoms with Gasteiger partial charge in [-0.2, -0.15) is 0 Å². The molecule has 0 aliphatic rings. The van der Waals surface area contributed by atoms with Gasteiger partial charge in [0.1, 0.15) is 0 Å². The molecule has 0 spiro atoms. The first-order chi connectivity index (χ1) is 9.40. The third kappa shape index (κ3) is 3.34. The summed E-state index contributed by atoms with van der Waals surface area (Å²) in [5, 5.41) is 0. The lowest BCUT2D eigenvalue weighted by atomic mass is 10.1. The van der Waals surface area contributed by atoms with Gasteiger partial charge in [-0.1, -0.05) is 41.7 Å². The number of aromatic amines is 1. The van der Waals surface area contributed by atoms with E-state index in [1.807, 2.05) is 30.3 Å². The quantitative estimate of drug-likeness (QED) is 0.756. The van der Waals surface area contributed by atoms with E-state index in [2.05, 4.69) is 9.71 Å². The van der Waals surface area contributed by atoms with E-state index in [1.165, 1.54) is 0 Å². The number of nitrogens with one attached hydrogen (secondary N) is 2. The van der Waals surface area contributed by atoms with Gasteiger partial charge >= 0.3 is 4.87 Å². The van der Waals surface area contributed by atoms with E-state index in [4.69, 9.17) is 5.73 Å². The number of H-pyrrole nitrogens is 1. The SMILES string of the molecule is Cc1[nH]c(=O)sc1S(=O)(=O)NCC(N)c1ccccc1. The Hall–Kier alpha value is -1.48. The number of hydrogen-bond acceptors (Lipinski definition) is 5. The second-order valence-corrected chi connectivity index (χ2v) is 7.24. The fourth-order valence-electron chi connectivity index (χ4n) is 1.73. The minimum absolute atomic E-state index is 0.00256. The normalized spacial score (nSPS) is 13.3. The topological polar surface area (TPSA) is 105 Å². The molecule has 0 aliphatic carbocycles. The van der Waals surface area contributed by atoms with Gasteiger partial charge < -0.3 is 10.7 Å². The molecule has 0 bridgehead atoms. The zero-order valence-corrected chi connectivity index (χ0v) is 12.4. The maximum atomic E-state index is 12.1. The Morgan fingerprint density at radius 1 is 1.35 bits per heavy atom. The van der Waals surface area contributed by atoms with Crippen molar-refractivity contribution in [1.29, 1.82) is 0 Å². The number of benzene rings is 1. The van der Waals surface area contributed by atoms with Crippen LogP contribution < -0.4 is 15.3 Å². The number of aryl methyl sites for hydroxylation is 1. The molecule has 0 saturated heterocycles. The van der Waals surface area contributed by atoms with E-state index in [0.29, 0.717) is 17.0 Å². The molecule has 1 atom stereocenters. The van der Waals surface area contributed by atoms with Gasteiger partial charge in [-0.25, -0.2) is 13.1 Å². The fourth-order valence-corrected chi connectivity index (χ4v) is 4.13. The Labute approximate surface area is 120 Å². The van der Waals surface area contributed by atoms with E-state index in [9.17, 15) is 13.2 Å². The minimum Gasteiger partial charge on any atom is -0.323 e. The molecule has 1 aromatic carbocycles. The molecule has 1 unspecified atom stereocenters. The Bertz CT molecular complexity index is 735. The zero-order valence-electron chi connectivity index (χ0n) is 10.8. The summed E-state index contributed by atoms with van der Waals surface area (Å²) < 4.78 is 26.6. The van der Waals surface area contributed by atoms with E-state index < -0.39 is 20.9 Å². The van der Waals surface area contributed by atoms with Crippen LogP contribution in [0.3, 0.4) is 0 Å². The highest BCUT2D eigenvalue weighted by molar-refractivity contribution is 7.91. The van der Waals surface area contributed by atoms with Crippen molar-refractivity contribution in [2.24, 2.45) is 5.73 Å². The van der Waals surface area contributed by atoms with Crippen molar-refractivity contribution in [3.63, 3.8) is 0 Å². The molecule has 1 heterocycles. The van der Waals surface area contributed by atoms with E-state index >= 15 is 0 Å². The molecule has 0 aliphatic heterocycles. The summed E-state index contributed by atoms with van der Waals surface area (Å²) in [4.78, 5) is 13.2. The third-order valence-corrected chi connectivity index (χ3v) is 5.77. The van der Waals surface area contributed by atoms with Gasteiger partial charge in [0, 0.05) is 18.3 Å². The second kappa shape index (κ2) is 5.88. The number of hydrogen-bond donors (Lipinski definition) is 3. The lowest BCUT2D eigenvalue weighted by Crippen LogP contribution is -2.31. The summed E-state index contributed by atoms with van der Waals surface area (Å²) >= 11 is 0.666. The molecule has 1 aromatic heterocycles. The van der Waals surface area contributed by atoms with Gasteiger partial charge in [0.25, 0.3) is 10.0 Å². The molecule has 0 saturated carbocycles. The molecule has 0 radical (unpaired) electrons. The van der Waals surface area contributed by atoms with E-state index in [0.717, 1.165) is 5.56 Å². The zero-order chi connectivity index (χ0) is 14.8. The van der Waals surface area contributed by atoms with Crippen molar-refractivity contribution in [2.75, 3.05) is 6.54 Å². The van der Waals surface area contributed by atoms with Gasteiger partial charge in [0.05, 0.1) is 0 Å². The van der Waals surface area contributed by atoms with Crippen LogP contribution in [0, 0.1) is 6.92 Å². The molecule has 8 heteroatoms. The van der Waals surface area contributed by atoms with Crippen LogP contribution in [0.1, 0.15) is 17.3 Å². The number of thiazole rings is 1. The van der Waals surface area contributed by atoms with Gasteiger partial charge in [0.15, 0.2) is 4.21 Å². The molecule has 2 rings (SSSR count). The summed E-state index contributed by atoms with van der Waals surface area (Å²) in [6.45, 7) is 1.61. The fraction of sp³-hybridized carbons (Fsp3) is 0.250. The highest BCUT2D eigenvalue weighted by Gasteiger charge is 2.21. The van der Waals surface area contributed by atoms with Crippen molar-refractivity contribution in [3.05, 3.63) is 51.3 Å². The average molecular weight is 313 g/mol. The first kappa shape index (κ1) is 14.9. The summed E-state index contributed by atoms with van der Waals surface area (Å²) in [6, 6.07) is 8.76. The highest BCUT2D eigenvalue weighted by atomic mass is 32.2. The van der Waals surface area contributed by atoms with Crippen LogP contribution in [-0.2, 0) is 10.0 Å². The van der Waals surface area contributed by atoms with Crippen molar-refractivity contribution in [1.82, 2.24) is 9.71 Å². The Balaban J connectivity index is 2.10. The van der Waals surface area contributed by atoms with Gasteiger partial charge in [-0.05, 0) is 12.5 Å². The average Bonchev–Trinajstić information content (AvgIpc) is 2.77. The smallest absolute Gasteiger partial charge is 0.305 e. The van der Waals surface area contributed by atoms with Crippen LogP contribution >= 0.6 is 11.3 Å². The molecular weight excluding hydrogens is 298 g/mol. The monoisotopic (exact) mass is 313 g/mol. The van der Waals surface area contributed by atoms with Gasteiger partial charge in [-0.3, -0.25) is 4.79 Å². The van der Waals surface area contributed by atoms with Crippen molar-refractivity contribution >= 4 is 21.4 Å². The van der Waals surface area contributed by atoms with Crippen LogP contribution in [0.4, 0.5) is 0 Å².